The first-order valence-electron chi connectivity index (χ1n) is 6.65. The number of aryl methyl sites for hydroxylation is 1. The Morgan fingerprint density at radius 1 is 1.05 bits per heavy atom. The third-order valence-corrected chi connectivity index (χ3v) is 4.77. The summed E-state index contributed by atoms with van der Waals surface area (Å²) in [6.07, 6.45) is -0.371. The van der Waals surface area contributed by atoms with Crippen LogP contribution in [0.2, 0.25) is 0 Å². The van der Waals surface area contributed by atoms with Gasteiger partial charge in [0.2, 0.25) is 0 Å². The lowest BCUT2D eigenvalue weighted by atomic mass is 10.0. The molecule has 2 aromatic carbocycles. The zero-order valence-electron chi connectivity index (χ0n) is 11.4. The zero-order valence-corrected chi connectivity index (χ0v) is 12.3. The van der Waals surface area contributed by atoms with Crippen LogP contribution in [0, 0.1) is 18.6 Å². The van der Waals surface area contributed by atoms with Gasteiger partial charge in [-0.1, -0.05) is 6.07 Å². The molecule has 0 aliphatic heterocycles. The van der Waals surface area contributed by atoms with Gasteiger partial charge in [0.15, 0.2) is 0 Å². The molecule has 108 valence electrons. The van der Waals surface area contributed by atoms with Crippen molar-refractivity contribution in [2.24, 2.45) is 0 Å². The van der Waals surface area contributed by atoms with E-state index < -0.39 is 6.10 Å². The number of benzene rings is 2. The predicted molar refractivity (Wildman–Crippen MR) is 81.6 cm³/mol. The van der Waals surface area contributed by atoms with Gasteiger partial charge in [-0.3, -0.25) is 0 Å². The van der Waals surface area contributed by atoms with Crippen LogP contribution in [0.15, 0.2) is 42.5 Å². The van der Waals surface area contributed by atoms with Crippen LogP contribution >= 0.6 is 11.3 Å². The molecule has 1 nitrogen and oxygen atoms in total. The maximum Gasteiger partial charge on any atom is 0.123 e. The van der Waals surface area contributed by atoms with Gasteiger partial charge in [0.1, 0.15) is 11.6 Å². The lowest BCUT2D eigenvalue weighted by Gasteiger charge is -2.11. The molecule has 0 aliphatic rings. The van der Waals surface area contributed by atoms with Crippen molar-refractivity contribution in [3.63, 3.8) is 0 Å². The fraction of sp³-hybridized carbons (Fsp3) is 0.176. The summed E-state index contributed by atoms with van der Waals surface area (Å²) in [5.74, 6) is -0.594. The summed E-state index contributed by atoms with van der Waals surface area (Å²) in [4.78, 5) is 0.763. The van der Waals surface area contributed by atoms with E-state index in [0.717, 1.165) is 26.1 Å². The lowest BCUT2D eigenvalue weighted by molar-refractivity contribution is 0.182. The number of hydrogen-bond acceptors (Lipinski definition) is 2. The normalized spacial score (nSPS) is 12.8. The molecule has 0 bridgehead atoms. The third-order valence-electron chi connectivity index (χ3n) is 3.55. The molecule has 1 aromatic heterocycles. The van der Waals surface area contributed by atoms with E-state index in [9.17, 15) is 13.9 Å². The van der Waals surface area contributed by atoms with Gasteiger partial charge in [0.25, 0.3) is 0 Å². The van der Waals surface area contributed by atoms with E-state index in [2.05, 4.69) is 0 Å². The molecule has 0 amide bonds. The highest BCUT2D eigenvalue weighted by Gasteiger charge is 2.14. The molecule has 0 spiro atoms. The topological polar surface area (TPSA) is 20.2 Å². The number of hydrogen-bond donors (Lipinski definition) is 1. The Morgan fingerprint density at radius 3 is 2.57 bits per heavy atom. The Labute approximate surface area is 125 Å². The molecule has 0 saturated heterocycles. The number of aliphatic hydroxyl groups is 1. The van der Waals surface area contributed by atoms with E-state index in [0.29, 0.717) is 6.42 Å². The minimum Gasteiger partial charge on any atom is -0.387 e. The van der Waals surface area contributed by atoms with Crippen LogP contribution in [0.4, 0.5) is 8.78 Å². The molecule has 0 radical (unpaired) electrons. The quantitative estimate of drug-likeness (QED) is 0.739. The van der Waals surface area contributed by atoms with E-state index in [-0.39, 0.29) is 11.6 Å². The summed E-state index contributed by atoms with van der Waals surface area (Å²) in [5, 5.41) is 11.1. The first kappa shape index (κ1) is 14.2. The van der Waals surface area contributed by atoms with Crippen LogP contribution in [0.1, 0.15) is 22.1 Å². The summed E-state index contributed by atoms with van der Waals surface area (Å²) in [6.45, 7) is 1.89. The number of aliphatic hydroxyl groups excluding tert-OH is 1. The van der Waals surface area contributed by atoms with E-state index >= 15 is 0 Å². The predicted octanol–water partition coefficient (Wildman–Crippen LogP) is 4.76. The highest BCUT2D eigenvalue weighted by Crippen LogP contribution is 2.32. The molecular formula is C17H14F2OS. The fourth-order valence-corrected chi connectivity index (χ4v) is 3.40. The van der Waals surface area contributed by atoms with Crippen molar-refractivity contribution in [2.75, 3.05) is 0 Å². The average molecular weight is 304 g/mol. The molecule has 1 N–H and O–H groups in total. The van der Waals surface area contributed by atoms with Crippen LogP contribution in [-0.2, 0) is 6.42 Å². The molecule has 0 aliphatic carbocycles. The maximum absolute atomic E-state index is 13.3. The molecule has 1 atom stereocenters. The Hall–Kier alpha value is -1.78. The SMILES string of the molecule is Cc1ccc(F)cc1CC(O)c1cc2cc(F)ccc2s1. The van der Waals surface area contributed by atoms with Gasteiger partial charge in [-0.05, 0) is 59.8 Å². The van der Waals surface area contributed by atoms with Crippen molar-refractivity contribution < 1.29 is 13.9 Å². The van der Waals surface area contributed by atoms with Gasteiger partial charge in [0.05, 0.1) is 6.10 Å². The molecule has 1 heterocycles. The molecule has 1 unspecified atom stereocenters. The smallest absolute Gasteiger partial charge is 0.123 e. The van der Waals surface area contributed by atoms with Gasteiger partial charge in [-0.25, -0.2) is 8.78 Å². The van der Waals surface area contributed by atoms with Crippen LogP contribution in [-0.4, -0.2) is 5.11 Å². The van der Waals surface area contributed by atoms with Crippen molar-refractivity contribution in [3.8, 4) is 0 Å². The first-order chi connectivity index (χ1) is 10.0. The average Bonchev–Trinajstić information content (AvgIpc) is 2.86. The monoisotopic (exact) mass is 304 g/mol. The largest absolute Gasteiger partial charge is 0.387 e. The fourth-order valence-electron chi connectivity index (χ4n) is 2.37. The molecule has 21 heavy (non-hydrogen) atoms. The minimum absolute atomic E-state index is 0.290. The second kappa shape index (κ2) is 5.54. The van der Waals surface area contributed by atoms with Crippen molar-refractivity contribution in [1.82, 2.24) is 0 Å². The number of rotatable bonds is 3. The summed E-state index contributed by atoms with van der Waals surface area (Å²) < 4.78 is 27.4. The van der Waals surface area contributed by atoms with Gasteiger partial charge in [0, 0.05) is 16.0 Å². The number of fused-ring (bicyclic) bond motifs is 1. The molecule has 0 fully saturated rings. The number of halogens is 2. The molecule has 0 saturated carbocycles. The lowest BCUT2D eigenvalue weighted by Crippen LogP contribution is -2.01. The Morgan fingerprint density at radius 2 is 1.76 bits per heavy atom. The Bertz CT molecular complexity index is 795. The van der Waals surface area contributed by atoms with Gasteiger partial charge in [-0.15, -0.1) is 11.3 Å². The first-order valence-corrected chi connectivity index (χ1v) is 7.46. The van der Waals surface area contributed by atoms with Gasteiger partial charge >= 0.3 is 0 Å². The van der Waals surface area contributed by atoms with Gasteiger partial charge < -0.3 is 5.11 Å². The summed E-state index contributed by atoms with van der Waals surface area (Å²) in [7, 11) is 0. The second-order valence-corrected chi connectivity index (χ2v) is 6.24. The van der Waals surface area contributed by atoms with E-state index in [1.54, 1.807) is 18.2 Å². The zero-order chi connectivity index (χ0) is 15.0. The van der Waals surface area contributed by atoms with Crippen LogP contribution in [0.5, 0.6) is 0 Å². The maximum atomic E-state index is 13.3. The second-order valence-electron chi connectivity index (χ2n) is 5.12. The summed E-state index contributed by atoms with van der Waals surface area (Å²) >= 11 is 1.43. The van der Waals surface area contributed by atoms with Crippen molar-refractivity contribution >= 4 is 21.4 Å². The third kappa shape index (κ3) is 2.96. The molecular weight excluding hydrogens is 290 g/mol. The highest BCUT2D eigenvalue weighted by molar-refractivity contribution is 7.19. The summed E-state index contributed by atoms with van der Waals surface area (Å²) in [6, 6.07) is 10.9. The number of thiophene rings is 1. The Balaban J connectivity index is 1.89. The van der Waals surface area contributed by atoms with Crippen LogP contribution in [0.25, 0.3) is 10.1 Å². The van der Waals surface area contributed by atoms with Crippen molar-refractivity contribution in [2.45, 2.75) is 19.4 Å². The summed E-state index contributed by atoms with van der Waals surface area (Å²) in [5.41, 5.74) is 1.73. The highest BCUT2D eigenvalue weighted by atomic mass is 32.1. The van der Waals surface area contributed by atoms with E-state index in [1.807, 2.05) is 6.92 Å². The standard InChI is InChI=1S/C17H14F2OS/c1-10-2-3-13(18)6-11(10)8-15(20)17-9-12-7-14(19)4-5-16(12)21-17/h2-7,9,15,20H,8H2,1H3. The molecule has 4 heteroatoms. The van der Waals surface area contributed by atoms with Crippen LogP contribution in [0.3, 0.4) is 0 Å². The van der Waals surface area contributed by atoms with Crippen molar-refractivity contribution in [1.29, 1.82) is 0 Å². The van der Waals surface area contributed by atoms with Gasteiger partial charge in [-0.2, -0.15) is 0 Å². The Kier molecular flexibility index (Phi) is 3.74. The van der Waals surface area contributed by atoms with E-state index in [1.165, 1.54) is 35.6 Å². The van der Waals surface area contributed by atoms with Crippen LogP contribution < -0.4 is 0 Å². The van der Waals surface area contributed by atoms with Crippen molar-refractivity contribution in [3.05, 3.63) is 70.1 Å². The van der Waals surface area contributed by atoms with E-state index in [4.69, 9.17) is 0 Å². The minimum atomic E-state index is -0.717. The molecule has 3 aromatic rings. The molecule has 3 rings (SSSR count).